The molecule has 1 unspecified atom stereocenters. The summed E-state index contributed by atoms with van der Waals surface area (Å²) in [6.45, 7) is 1.94. The van der Waals surface area contributed by atoms with Crippen molar-refractivity contribution in [1.29, 1.82) is 0 Å². The topological polar surface area (TPSA) is 94.8 Å². The molecule has 1 amide bonds. The zero-order valence-electron chi connectivity index (χ0n) is 21.4. The Labute approximate surface area is 233 Å². The maximum atomic E-state index is 14.0. The van der Waals surface area contributed by atoms with Crippen LogP contribution in [-0.2, 0) is 30.8 Å². The maximum absolute atomic E-state index is 14.0. The number of aromatic nitrogens is 2. The highest BCUT2D eigenvalue weighted by atomic mass is 35.5. The number of aryl methyl sites for hydroxylation is 1. The van der Waals surface area contributed by atoms with Crippen LogP contribution in [0.15, 0.2) is 52.6 Å². The first-order valence-electron chi connectivity index (χ1n) is 12.4. The van der Waals surface area contributed by atoms with Crippen LogP contribution in [-0.4, -0.2) is 28.8 Å². The minimum Gasteiger partial charge on any atom is -0.493 e. The first-order chi connectivity index (χ1) is 18.8. The quantitative estimate of drug-likeness (QED) is 0.235. The second-order valence-corrected chi connectivity index (χ2v) is 10.9. The lowest BCUT2D eigenvalue weighted by Gasteiger charge is -2.17. The van der Waals surface area contributed by atoms with Gasteiger partial charge in [0.25, 0.3) is 11.5 Å². The van der Waals surface area contributed by atoms with Crippen LogP contribution in [0.4, 0.5) is 4.39 Å². The number of rotatable bonds is 8. The van der Waals surface area contributed by atoms with Gasteiger partial charge in [-0.2, -0.15) is 5.10 Å². The van der Waals surface area contributed by atoms with E-state index in [1.807, 2.05) is 0 Å². The lowest BCUT2D eigenvalue weighted by atomic mass is 9.89. The van der Waals surface area contributed by atoms with E-state index in [1.165, 1.54) is 41.2 Å². The van der Waals surface area contributed by atoms with Gasteiger partial charge in [-0.05, 0) is 66.6 Å². The maximum Gasteiger partial charge on any atom is 0.262 e. The molecule has 2 heterocycles. The van der Waals surface area contributed by atoms with Crippen LogP contribution < -0.4 is 20.5 Å². The molecule has 8 nitrogen and oxygen atoms in total. The highest BCUT2D eigenvalue weighted by molar-refractivity contribution is 7.18. The Bertz CT molecular complexity index is 1610. The number of benzene rings is 2. The van der Waals surface area contributed by atoms with Crippen molar-refractivity contribution in [2.24, 2.45) is 11.0 Å². The van der Waals surface area contributed by atoms with Crippen LogP contribution >= 0.6 is 22.9 Å². The number of fused-ring (bicyclic) bond motifs is 3. The van der Waals surface area contributed by atoms with Crippen molar-refractivity contribution >= 4 is 45.3 Å². The minimum absolute atomic E-state index is 0.0707. The van der Waals surface area contributed by atoms with Crippen molar-refractivity contribution in [1.82, 2.24) is 15.0 Å². The molecule has 0 aliphatic heterocycles. The zero-order valence-corrected chi connectivity index (χ0v) is 22.9. The molecule has 0 saturated heterocycles. The Morgan fingerprint density at radius 2 is 2.18 bits per heavy atom. The molecule has 0 fully saturated rings. The largest absolute Gasteiger partial charge is 0.493 e. The molecule has 202 valence electrons. The predicted octanol–water partition coefficient (Wildman–Crippen LogP) is 5.11. The summed E-state index contributed by atoms with van der Waals surface area (Å²) in [4.78, 5) is 32.0. The van der Waals surface area contributed by atoms with E-state index in [4.69, 9.17) is 21.1 Å². The molecule has 4 aromatic rings. The first kappa shape index (κ1) is 26.8. The van der Waals surface area contributed by atoms with Crippen LogP contribution in [0.25, 0.3) is 10.2 Å². The number of hydrogen-bond donors (Lipinski definition) is 1. The number of hydrogen-bond acceptors (Lipinski definition) is 7. The van der Waals surface area contributed by atoms with Crippen LogP contribution in [0.2, 0.25) is 5.02 Å². The van der Waals surface area contributed by atoms with Gasteiger partial charge in [0.1, 0.15) is 23.8 Å². The van der Waals surface area contributed by atoms with E-state index in [9.17, 15) is 14.0 Å². The van der Waals surface area contributed by atoms with Crippen molar-refractivity contribution < 1.29 is 18.7 Å². The molecule has 0 spiro atoms. The van der Waals surface area contributed by atoms with Gasteiger partial charge >= 0.3 is 0 Å². The third kappa shape index (κ3) is 5.81. The third-order valence-electron chi connectivity index (χ3n) is 6.62. The van der Waals surface area contributed by atoms with Crippen LogP contribution in [0.1, 0.15) is 34.9 Å². The molecular formula is C28H26ClFN4O4S. The van der Waals surface area contributed by atoms with Crippen molar-refractivity contribution in [2.75, 3.05) is 7.11 Å². The Hall–Kier alpha value is -3.76. The highest BCUT2D eigenvalue weighted by Crippen LogP contribution is 2.35. The normalized spacial score (nSPS) is 14.9. The third-order valence-corrected chi connectivity index (χ3v) is 8.14. The SMILES string of the molecule is COc1cc(C=NNC(=O)Cn2cnc3sc4c(c3c2=O)CCC(C)C4)ccc1OCc1c(F)cccc1Cl. The summed E-state index contributed by atoms with van der Waals surface area (Å²) in [5, 5.41) is 4.90. The Morgan fingerprint density at radius 1 is 1.33 bits per heavy atom. The average Bonchev–Trinajstić information content (AvgIpc) is 3.28. The van der Waals surface area contributed by atoms with E-state index < -0.39 is 11.7 Å². The molecule has 0 radical (unpaired) electrons. The summed E-state index contributed by atoms with van der Waals surface area (Å²) in [6, 6.07) is 9.46. The number of hydrazone groups is 1. The molecule has 1 atom stereocenters. The molecule has 2 aromatic heterocycles. The Kier molecular flexibility index (Phi) is 7.94. The number of halogens is 2. The first-order valence-corrected chi connectivity index (χ1v) is 13.6. The Morgan fingerprint density at radius 3 is 2.97 bits per heavy atom. The van der Waals surface area contributed by atoms with Gasteiger partial charge in [0, 0.05) is 10.4 Å². The van der Waals surface area contributed by atoms with E-state index in [0.717, 1.165) is 29.7 Å². The molecular weight excluding hydrogens is 543 g/mol. The molecule has 0 saturated carbocycles. The second kappa shape index (κ2) is 11.5. The lowest BCUT2D eigenvalue weighted by Crippen LogP contribution is -2.30. The fourth-order valence-electron chi connectivity index (χ4n) is 4.55. The lowest BCUT2D eigenvalue weighted by molar-refractivity contribution is -0.121. The Balaban J connectivity index is 1.23. The van der Waals surface area contributed by atoms with Gasteiger partial charge in [0.15, 0.2) is 11.5 Å². The predicted molar refractivity (Wildman–Crippen MR) is 150 cm³/mol. The molecule has 5 rings (SSSR count). The number of nitrogens with one attached hydrogen (secondary N) is 1. The summed E-state index contributed by atoms with van der Waals surface area (Å²) in [5.41, 5.74) is 4.19. The van der Waals surface area contributed by atoms with Crippen LogP contribution in [0.5, 0.6) is 11.5 Å². The van der Waals surface area contributed by atoms with Crippen LogP contribution in [0.3, 0.4) is 0 Å². The van der Waals surface area contributed by atoms with E-state index in [1.54, 1.807) is 35.6 Å². The van der Waals surface area contributed by atoms with Crippen molar-refractivity contribution in [3.05, 3.63) is 85.5 Å². The van der Waals surface area contributed by atoms with Crippen LogP contribution in [0, 0.1) is 11.7 Å². The number of amides is 1. The number of ether oxygens (including phenoxy) is 2. The van der Waals surface area contributed by atoms with Gasteiger partial charge in [-0.25, -0.2) is 14.8 Å². The number of nitrogens with zero attached hydrogens (tertiary/aromatic N) is 3. The number of carbonyl (C=O) groups excluding carboxylic acids is 1. The second-order valence-electron chi connectivity index (χ2n) is 9.40. The van der Waals surface area contributed by atoms with E-state index in [0.29, 0.717) is 28.4 Å². The van der Waals surface area contributed by atoms with E-state index in [-0.39, 0.29) is 29.3 Å². The summed E-state index contributed by atoms with van der Waals surface area (Å²) in [5.74, 6) is 0.477. The smallest absolute Gasteiger partial charge is 0.262 e. The van der Waals surface area contributed by atoms with E-state index in [2.05, 4.69) is 22.4 Å². The van der Waals surface area contributed by atoms with Crippen molar-refractivity contribution in [2.45, 2.75) is 39.3 Å². The molecule has 1 N–H and O–H groups in total. The molecule has 11 heteroatoms. The van der Waals surface area contributed by atoms with Gasteiger partial charge < -0.3 is 9.47 Å². The number of carbonyl (C=O) groups is 1. The molecule has 1 aliphatic carbocycles. The fraction of sp³-hybridized carbons (Fsp3) is 0.286. The fourth-order valence-corrected chi connectivity index (χ4v) is 6.11. The van der Waals surface area contributed by atoms with Gasteiger partial charge in [-0.3, -0.25) is 14.2 Å². The standard InChI is InChI=1S/C28H26ClFN4O4S/c1-16-6-8-18-24(10-16)39-27-26(18)28(36)34(15-31-27)13-25(35)33-32-12-17-7-9-22(23(11-17)37-2)38-14-19-20(29)4-3-5-21(19)30/h3-5,7,9,11-12,15-16H,6,8,10,13-14H2,1-2H3,(H,33,35). The summed E-state index contributed by atoms with van der Waals surface area (Å²) >= 11 is 7.64. The number of thiophene rings is 1. The van der Waals surface area contributed by atoms with Crippen molar-refractivity contribution in [3.63, 3.8) is 0 Å². The zero-order chi connectivity index (χ0) is 27.5. The summed E-state index contributed by atoms with van der Waals surface area (Å²) in [7, 11) is 1.48. The monoisotopic (exact) mass is 568 g/mol. The summed E-state index contributed by atoms with van der Waals surface area (Å²) < 4.78 is 26.4. The van der Waals surface area contributed by atoms with E-state index >= 15 is 0 Å². The van der Waals surface area contributed by atoms with Gasteiger partial charge in [-0.1, -0.05) is 24.6 Å². The van der Waals surface area contributed by atoms with Gasteiger partial charge in [0.05, 0.1) is 30.1 Å². The minimum atomic E-state index is -0.457. The molecule has 1 aliphatic rings. The van der Waals surface area contributed by atoms with Crippen molar-refractivity contribution in [3.8, 4) is 11.5 Å². The highest BCUT2D eigenvalue weighted by Gasteiger charge is 2.23. The number of methoxy groups -OCH3 is 1. The molecule has 2 aromatic carbocycles. The van der Waals surface area contributed by atoms with Gasteiger partial charge in [0.2, 0.25) is 0 Å². The average molecular weight is 569 g/mol. The van der Waals surface area contributed by atoms with Gasteiger partial charge in [-0.15, -0.1) is 11.3 Å². The molecule has 0 bridgehead atoms. The molecule has 39 heavy (non-hydrogen) atoms. The summed E-state index contributed by atoms with van der Waals surface area (Å²) in [6.07, 6.45) is 5.72.